The summed E-state index contributed by atoms with van der Waals surface area (Å²) in [6.45, 7) is 8.09. The minimum Gasteiger partial charge on any atom is -0.398 e. The molecule has 0 radical (unpaired) electrons. The molecule has 0 amide bonds. The summed E-state index contributed by atoms with van der Waals surface area (Å²) in [5, 5.41) is 0.618. The molecule has 0 saturated carbocycles. The SMILES string of the molecule is C=CC(C)C(C)c1ccc(Cl)c(N)c1. The van der Waals surface area contributed by atoms with E-state index in [-0.39, 0.29) is 0 Å². The molecule has 1 aromatic carbocycles. The van der Waals surface area contributed by atoms with Crippen molar-refractivity contribution in [1.82, 2.24) is 0 Å². The highest BCUT2D eigenvalue weighted by Gasteiger charge is 2.11. The van der Waals surface area contributed by atoms with Crippen LogP contribution in [0.5, 0.6) is 0 Å². The first-order chi connectivity index (χ1) is 6.56. The largest absolute Gasteiger partial charge is 0.398 e. The fourth-order valence-corrected chi connectivity index (χ4v) is 1.47. The van der Waals surface area contributed by atoms with Crippen LogP contribution >= 0.6 is 11.6 Å². The van der Waals surface area contributed by atoms with Crippen molar-refractivity contribution in [3.8, 4) is 0 Å². The Hall–Kier alpha value is -0.950. The zero-order valence-corrected chi connectivity index (χ0v) is 9.38. The first kappa shape index (κ1) is 11.1. The standard InChI is InChI=1S/C12H16ClN/c1-4-8(2)9(3)10-5-6-11(13)12(14)7-10/h4-9H,1,14H2,2-3H3. The predicted octanol–water partition coefficient (Wildman–Crippen LogP) is 3.85. The Bertz CT molecular complexity index is 333. The van der Waals surface area contributed by atoms with Crippen LogP contribution in [0.3, 0.4) is 0 Å². The van der Waals surface area contributed by atoms with E-state index >= 15 is 0 Å². The second kappa shape index (κ2) is 4.52. The van der Waals surface area contributed by atoms with Gasteiger partial charge in [0.25, 0.3) is 0 Å². The van der Waals surface area contributed by atoms with Crippen molar-refractivity contribution in [2.75, 3.05) is 5.73 Å². The molecular formula is C12H16ClN. The summed E-state index contributed by atoms with van der Waals surface area (Å²) in [6.07, 6.45) is 1.95. The lowest BCUT2D eigenvalue weighted by Crippen LogP contribution is -2.03. The van der Waals surface area contributed by atoms with Crippen LogP contribution < -0.4 is 5.73 Å². The zero-order chi connectivity index (χ0) is 10.7. The molecule has 0 aliphatic heterocycles. The lowest BCUT2D eigenvalue weighted by molar-refractivity contribution is 0.593. The molecule has 0 aromatic heterocycles. The van der Waals surface area contributed by atoms with Gasteiger partial charge in [-0.25, -0.2) is 0 Å². The van der Waals surface area contributed by atoms with Gasteiger partial charge in [0, 0.05) is 0 Å². The molecule has 2 atom stereocenters. The van der Waals surface area contributed by atoms with E-state index in [1.807, 2.05) is 24.3 Å². The topological polar surface area (TPSA) is 26.0 Å². The molecular weight excluding hydrogens is 194 g/mol. The Labute approximate surface area is 90.6 Å². The quantitative estimate of drug-likeness (QED) is 0.594. The molecule has 1 rings (SSSR count). The zero-order valence-electron chi connectivity index (χ0n) is 8.63. The third kappa shape index (κ3) is 2.30. The van der Waals surface area contributed by atoms with Crippen molar-refractivity contribution in [3.05, 3.63) is 41.4 Å². The van der Waals surface area contributed by atoms with E-state index in [0.29, 0.717) is 22.5 Å². The number of rotatable bonds is 3. The van der Waals surface area contributed by atoms with Gasteiger partial charge < -0.3 is 5.73 Å². The van der Waals surface area contributed by atoms with Gasteiger partial charge >= 0.3 is 0 Å². The van der Waals surface area contributed by atoms with E-state index < -0.39 is 0 Å². The molecule has 1 nitrogen and oxygen atoms in total. The van der Waals surface area contributed by atoms with E-state index in [9.17, 15) is 0 Å². The van der Waals surface area contributed by atoms with Crippen LogP contribution in [0.25, 0.3) is 0 Å². The van der Waals surface area contributed by atoms with Crippen LogP contribution in [-0.4, -0.2) is 0 Å². The van der Waals surface area contributed by atoms with Crippen molar-refractivity contribution in [2.24, 2.45) is 5.92 Å². The van der Waals surface area contributed by atoms with Gasteiger partial charge in [-0.1, -0.05) is 37.6 Å². The lowest BCUT2D eigenvalue weighted by atomic mass is 9.89. The van der Waals surface area contributed by atoms with Crippen molar-refractivity contribution < 1.29 is 0 Å². The maximum atomic E-state index is 5.85. The summed E-state index contributed by atoms with van der Waals surface area (Å²) in [5.74, 6) is 0.864. The molecule has 0 spiro atoms. The molecule has 0 aliphatic rings. The molecule has 1 aromatic rings. The average molecular weight is 210 g/mol. The maximum Gasteiger partial charge on any atom is 0.0635 e. The number of hydrogen-bond acceptors (Lipinski definition) is 1. The molecule has 0 saturated heterocycles. The number of allylic oxidation sites excluding steroid dienone is 1. The van der Waals surface area contributed by atoms with Crippen LogP contribution in [0.1, 0.15) is 25.3 Å². The first-order valence-electron chi connectivity index (χ1n) is 4.73. The van der Waals surface area contributed by atoms with Gasteiger partial charge in [0.05, 0.1) is 10.7 Å². The second-order valence-corrected chi connectivity index (χ2v) is 4.07. The highest BCUT2D eigenvalue weighted by atomic mass is 35.5. The summed E-state index contributed by atoms with van der Waals surface area (Å²) in [7, 11) is 0. The van der Waals surface area contributed by atoms with Crippen LogP contribution in [0.4, 0.5) is 5.69 Å². The molecule has 2 unspecified atom stereocenters. The second-order valence-electron chi connectivity index (χ2n) is 3.66. The Kier molecular flexibility index (Phi) is 3.59. The van der Waals surface area contributed by atoms with Crippen molar-refractivity contribution in [1.29, 1.82) is 0 Å². The molecule has 76 valence electrons. The van der Waals surface area contributed by atoms with Gasteiger partial charge in [0.2, 0.25) is 0 Å². The van der Waals surface area contributed by atoms with E-state index in [1.54, 1.807) is 0 Å². The molecule has 2 heteroatoms. The number of benzene rings is 1. The van der Waals surface area contributed by atoms with Crippen molar-refractivity contribution >= 4 is 17.3 Å². The summed E-state index contributed by atoms with van der Waals surface area (Å²) in [4.78, 5) is 0. The number of anilines is 1. The third-order valence-corrected chi connectivity index (χ3v) is 3.05. The van der Waals surface area contributed by atoms with Gasteiger partial charge in [-0.15, -0.1) is 6.58 Å². The smallest absolute Gasteiger partial charge is 0.0635 e. The van der Waals surface area contributed by atoms with Crippen molar-refractivity contribution in [3.63, 3.8) is 0 Å². The number of halogens is 1. The van der Waals surface area contributed by atoms with E-state index in [4.69, 9.17) is 17.3 Å². The third-order valence-electron chi connectivity index (χ3n) is 2.71. The monoisotopic (exact) mass is 209 g/mol. The minimum atomic E-state index is 0.423. The Morgan fingerprint density at radius 1 is 1.43 bits per heavy atom. The Balaban J connectivity index is 2.96. The van der Waals surface area contributed by atoms with Crippen LogP contribution in [0.15, 0.2) is 30.9 Å². The van der Waals surface area contributed by atoms with Gasteiger partial charge in [0.15, 0.2) is 0 Å². The van der Waals surface area contributed by atoms with Gasteiger partial charge in [-0.3, -0.25) is 0 Å². The number of hydrogen-bond donors (Lipinski definition) is 1. The number of nitrogens with two attached hydrogens (primary N) is 1. The van der Waals surface area contributed by atoms with Crippen molar-refractivity contribution in [2.45, 2.75) is 19.8 Å². The van der Waals surface area contributed by atoms with Gasteiger partial charge in [0.1, 0.15) is 0 Å². The minimum absolute atomic E-state index is 0.423. The fourth-order valence-electron chi connectivity index (χ4n) is 1.35. The summed E-state index contributed by atoms with van der Waals surface area (Å²) in [5.41, 5.74) is 7.60. The lowest BCUT2D eigenvalue weighted by Gasteiger charge is -2.17. The van der Waals surface area contributed by atoms with Crippen LogP contribution in [-0.2, 0) is 0 Å². The Morgan fingerprint density at radius 3 is 2.57 bits per heavy atom. The van der Waals surface area contributed by atoms with Crippen LogP contribution in [0.2, 0.25) is 5.02 Å². The fraction of sp³-hybridized carbons (Fsp3) is 0.333. The van der Waals surface area contributed by atoms with Gasteiger partial charge in [-0.05, 0) is 29.5 Å². The molecule has 0 aliphatic carbocycles. The molecule has 14 heavy (non-hydrogen) atoms. The normalized spacial score (nSPS) is 14.8. The summed E-state index contributed by atoms with van der Waals surface area (Å²) >= 11 is 5.85. The van der Waals surface area contributed by atoms with E-state index in [1.165, 1.54) is 5.56 Å². The summed E-state index contributed by atoms with van der Waals surface area (Å²) < 4.78 is 0. The molecule has 2 N–H and O–H groups in total. The summed E-state index contributed by atoms with van der Waals surface area (Å²) in [6, 6.07) is 5.80. The highest BCUT2D eigenvalue weighted by molar-refractivity contribution is 6.33. The molecule has 0 heterocycles. The number of nitrogen functional groups attached to an aromatic ring is 1. The first-order valence-corrected chi connectivity index (χ1v) is 5.11. The molecule has 0 bridgehead atoms. The average Bonchev–Trinajstić information content (AvgIpc) is 2.20. The highest BCUT2D eigenvalue weighted by Crippen LogP contribution is 2.28. The van der Waals surface area contributed by atoms with Gasteiger partial charge in [-0.2, -0.15) is 0 Å². The molecule has 0 fully saturated rings. The van der Waals surface area contributed by atoms with E-state index in [0.717, 1.165) is 0 Å². The van der Waals surface area contributed by atoms with E-state index in [2.05, 4.69) is 20.4 Å². The Morgan fingerprint density at radius 2 is 2.07 bits per heavy atom. The predicted molar refractivity (Wildman–Crippen MR) is 63.6 cm³/mol. The maximum absolute atomic E-state index is 5.85. The van der Waals surface area contributed by atoms with Crippen LogP contribution in [0, 0.1) is 5.92 Å².